The standard InChI is InChI=1S/C14H19NO3.C12H22O6.C12H22O4/c1-5-14(2,3)13(17)15-11-8-6-10(7-9-11)12(16)18-4;1-4-12(2,3)11(15)16-8-9-18-17-7-5-6-10(13)14;1-6-12(4,5)11(13)14-7-8-15-16-9-10(2)3/h6-9H,5H2,1-4H3,(H,15,17);4-9H2,1-3H3,(H,13,14);2,6-9H2,1,3-5H3. The van der Waals surface area contributed by atoms with E-state index < -0.39 is 22.2 Å². The smallest absolute Gasteiger partial charge is 0.337 e. The Morgan fingerprint density at radius 3 is 1.54 bits per heavy atom. The Kier molecular flexibility index (Phi) is 26.0. The van der Waals surface area contributed by atoms with Crippen LogP contribution >= 0.6 is 0 Å². The number of benzene rings is 1. The molecule has 0 aliphatic carbocycles. The molecule has 0 aromatic heterocycles. The molecule has 1 rings (SSSR count). The molecule has 0 unspecified atom stereocenters. The number of aliphatic carboxylic acids is 1. The van der Waals surface area contributed by atoms with Crippen molar-refractivity contribution in [2.24, 2.45) is 16.2 Å². The van der Waals surface area contributed by atoms with Gasteiger partial charge in [0.1, 0.15) is 33.0 Å². The quantitative estimate of drug-likeness (QED) is 0.0306. The van der Waals surface area contributed by atoms with Crippen LogP contribution in [0.15, 0.2) is 36.4 Å². The number of ether oxygens (including phenoxy) is 3. The van der Waals surface area contributed by atoms with Gasteiger partial charge in [0.25, 0.3) is 0 Å². The van der Waals surface area contributed by atoms with Crippen LogP contribution < -0.4 is 5.32 Å². The molecule has 0 saturated heterocycles. The van der Waals surface area contributed by atoms with Crippen molar-refractivity contribution in [2.75, 3.05) is 52.1 Å². The van der Waals surface area contributed by atoms with Crippen LogP contribution in [0.2, 0.25) is 0 Å². The van der Waals surface area contributed by atoms with Crippen molar-refractivity contribution in [1.29, 1.82) is 0 Å². The molecular formula is C38H63NO13. The average Bonchev–Trinajstić information content (AvgIpc) is 3.10. The summed E-state index contributed by atoms with van der Waals surface area (Å²) in [4.78, 5) is 75.5. The van der Waals surface area contributed by atoms with Gasteiger partial charge in [-0.25, -0.2) is 24.3 Å². The second-order valence-corrected chi connectivity index (χ2v) is 13.7. The first-order valence-corrected chi connectivity index (χ1v) is 17.4. The Labute approximate surface area is 309 Å². The Balaban J connectivity index is 0. The van der Waals surface area contributed by atoms with Crippen molar-refractivity contribution >= 4 is 35.5 Å². The van der Waals surface area contributed by atoms with Gasteiger partial charge in [-0.3, -0.25) is 19.2 Å². The lowest BCUT2D eigenvalue weighted by Gasteiger charge is -2.21. The average molecular weight is 742 g/mol. The fraction of sp³-hybridized carbons (Fsp3) is 0.658. The van der Waals surface area contributed by atoms with Crippen LogP contribution in [0.25, 0.3) is 0 Å². The number of amides is 1. The first-order chi connectivity index (χ1) is 24.2. The topological polar surface area (TPSA) is 182 Å². The van der Waals surface area contributed by atoms with Gasteiger partial charge in [-0.15, -0.1) is 0 Å². The van der Waals surface area contributed by atoms with Crippen LogP contribution in [0.1, 0.15) is 112 Å². The first-order valence-electron chi connectivity index (χ1n) is 17.4. The third kappa shape index (κ3) is 23.6. The summed E-state index contributed by atoms with van der Waals surface area (Å²) in [6.07, 6.45) is 2.65. The molecule has 0 radical (unpaired) electrons. The molecule has 1 aromatic carbocycles. The Morgan fingerprint density at radius 2 is 1.13 bits per heavy atom. The number of carbonyl (C=O) groups excluding carboxylic acids is 4. The second kappa shape index (κ2) is 26.9. The molecule has 1 amide bonds. The minimum absolute atomic E-state index is 0.0316. The number of esters is 3. The molecule has 0 fully saturated rings. The van der Waals surface area contributed by atoms with E-state index in [1.54, 1.807) is 24.3 Å². The summed E-state index contributed by atoms with van der Waals surface area (Å²) in [7, 11) is 1.34. The summed E-state index contributed by atoms with van der Waals surface area (Å²) in [6, 6.07) is 6.63. The molecule has 2 N–H and O–H groups in total. The number of carbonyl (C=O) groups is 5. The van der Waals surface area contributed by atoms with Crippen molar-refractivity contribution in [2.45, 2.75) is 101 Å². The van der Waals surface area contributed by atoms with Crippen LogP contribution in [0, 0.1) is 16.2 Å². The zero-order chi connectivity index (χ0) is 40.4. The van der Waals surface area contributed by atoms with Gasteiger partial charge < -0.3 is 24.6 Å². The highest BCUT2D eigenvalue weighted by atomic mass is 17.2. The van der Waals surface area contributed by atoms with E-state index in [4.69, 9.17) is 34.1 Å². The molecule has 0 aliphatic heterocycles. The maximum atomic E-state index is 11.9. The highest BCUT2D eigenvalue weighted by Gasteiger charge is 2.28. The number of hydrogen-bond acceptors (Lipinski definition) is 12. The lowest BCUT2D eigenvalue weighted by atomic mass is 9.89. The minimum Gasteiger partial charge on any atom is -0.481 e. The molecule has 1 aromatic rings. The number of carboxylic acid groups (broad SMARTS) is 1. The largest absolute Gasteiger partial charge is 0.481 e. The predicted octanol–water partition coefficient (Wildman–Crippen LogP) is 7.12. The van der Waals surface area contributed by atoms with Crippen LogP contribution in [-0.2, 0) is 52.9 Å². The number of anilines is 1. The van der Waals surface area contributed by atoms with E-state index in [0.717, 1.165) is 18.4 Å². The number of carboxylic acids is 1. The van der Waals surface area contributed by atoms with Crippen molar-refractivity contribution in [3.63, 3.8) is 0 Å². The SMILES string of the molecule is C=C(C)COOCCOC(=O)C(C)(C)CC.CCC(C)(C)C(=O)Nc1ccc(C(=O)OC)cc1.CCC(C)(C)C(=O)OCCOOCCCC(=O)O. The molecule has 14 nitrogen and oxygen atoms in total. The monoisotopic (exact) mass is 741 g/mol. The molecule has 0 aliphatic rings. The molecular weight excluding hydrogens is 678 g/mol. The Morgan fingerprint density at radius 1 is 0.692 bits per heavy atom. The highest BCUT2D eigenvalue weighted by molar-refractivity contribution is 5.95. The summed E-state index contributed by atoms with van der Waals surface area (Å²) in [6.45, 7) is 23.7. The van der Waals surface area contributed by atoms with E-state index >= 15 is 0 Å². The molecule has 52 heavy (non-hydrogen) atoms. The Hall–Kier alpha value is -3.85. The number of nitrogens with one attached hydrogen (secondary N) is 1. The van der Waals surface area contributed by atoms with Gasteiger partial charge in [0, 0.05) is 17.5 Å². The summed E-state index contributed by atoms with van der Waals surface area (Å²) in [5.41, 5.74) is 0.700. The Bertz CT molecular complexity index is 1220. The maximum absolute atomic E-state index is 11.9. The van der Waals surface area contributed by atoms with E-state index in [2.05, 4.69) is 16.6 Å². The second-order valence-electron chi connectivity index (χ2n) is 13.7. The zero-order valence-corrected chi connectivity index (χ0v) is 33.1. The highest BCUT2D eigenvalue weighted by Crippen LogP contribution is 2.23. The normalized spacial score (nSPS) is 11.1. The van der Waals surface area contributed by atoms with Crippen molar-refractivity contribution in [3.05, 3.63) is 42.0 Å². The van der Waals surface area contributed by atoms with E-state index in [0.29, 0.717) is 30.7 Å². The zero-order valence-electron chi connectivity index (χ0n) is 33.1. The van der Waals surface area contributed by atoms with Gasteiger partial charge in [-0.2, -0.15) is 0 Å². The molecule has 0 bridgehead atoms. The van der Waals surface area contributed by atoms with E-state index in [1.165, 1.54) is 7.11 Å². The predicted molar refractivity (Wildman–Crippen MR) is 196 cm³/mol. The van der Waals surface area contributed by atoms with Crippen molar-refractivity contribution in [1.82, 2.24) is 0 Å². The van der Waals surface area contributed by atoms with Crippen LogP contribution in [-0.4, -0.2) is 81.6 Å². The molecule has 0 spiro atoms. The maximum Gasteiger partial charge on any atom is 0.337 e. The summed E-state index contributed by atoms with van der Waals surface area (Å²) in [5.74, 6) is -1.76. The third-order valence-electron chi connectivity index (χ3n) is 7.83. The van der Waals surface area contributed by atoms with Crippen LogP contribution in [0.3, 0.4) is 0 Å². The minimum atomic E-state index is -0.866. The van der Waals surface area contributed by atoms with Gasteiger partial charge in [0.2, 0.25) is 5.91 Å². The number of hydrogen-bond donors (Lipinski definition) is 2. The van der Waals surface area contributed by atoms with Crippen LogP contribution in [0.5, 0.6) is 0 Å². The summed E-state index contributed by atoms with van der Waals surface area (Å²) < 4.78 is 14.6. The van der Waals surface area contributed by atoms with Crippen molar-refractivity contribution in [3.8, 4) is 0 Å². The lowest BCUT2D eigenvalue weighted by Crippen LogP contribution is -2.29. The molecule has 14 heteroatoms. The summed E-state index contributed by atoms with van der Waals surface area (Å²) >= 11 is 0. The van der Waals surface area contributed by atoms with Crippen molar-refractivity contribution < 1.29 is 62.8 Å². The molecule has 0 heterocycles. The van der Waals surface area contributed by atoms with Crippen LogP contribution in [0.4, 0.5) is 5.69 Å². The fourth-order valence-corrected chi connectivity index (χ4v) is 2.89. The number of rotatable bonds is 22. The first kappa shape index (κ1) is 50.3. The van der Waals surface area contributed by atoms with Gasteiger partial charge in [0.05, 0.1) is 30.1 Å². The van der Waals surface area contributed by atoms with E-state index in [9.17, 15) is 24.0 Å². The van der Waals surface area contributed by atoms with Gasteiger partial charge in [-0.1, -0.05) is 46.8 Å². The molecule has 0 saturated carbocycles. The summed E-state index contributed by atoms with van der Waals surface area (Å²) in [5, 5.41) is 11.2. The lowest BCUT2D eigenvalue weighted by molar-refractivity contribution is -0.298. The fourth-order valence-electron chi connectivity index (χ4n) is 2.89. The number of methoxy groups -OCH3 is 1. The van der Waals surface area contributed by atoms with E-state index in [-0.39, 0.29) is 63.3 Å². The molecule has 298 valence electrons. The molecule has 0 atom stereocenters. The van der Waals surface area contributed by atoms with Gasteiger partial charge in [-0.05, 0) is 84.6 Å². The van der Waals surface area contributed by atoms with Gasteiger partial charge in [0.15, 0.2) is 0 Å². The third-order valence-corrected chi connectivity index (χ3v) is 7.83. The van der Waals surface area contributed by atoms with Gasteiger partial charge >= 0.3 is 23.9 Å². The van der Waals surface area contributed by atoms with E-state index in [1.807, 2.05) is 69.2 Å².